The van der Waals surface area contributed by atoms with Crippen molar-refractivity contribution in [2.24, 2.45) is 0 Å². The van der Waals surface area contributed by atoms with E-state index in [1.165, 1.54) is 180 Å². The first-order valence-corrected chi connectivity index (χ1v) is 17.0. The molecule has 0 aromatic carbocycles. The van der Waals surface area contributed by atoms with Gasteiger partial charge in [0, 0.05) is 25.5 Å². The molecule has 0 fully saturated rings. The molecule has 1 unspecified atom stereocenters. The van der Waals surface area contributed by atoms with Gasteiger partial charge in [0.2, 0.25) is 0 Å². The maximum Gasteiger partial charge on any atom is 0.101 e. The fraction of sp³-hybridized carbons (Fsp3) is 0.941. The second-order valence-corrected chi connectivity index (χ2v) is 11.8. The maximum absolute atomic E-state index is 2.70. The van der Waals surface area contributed by atoms with Crippen molar-refractivity contribution in [1.82, 2.24) is 9.80 Å². The molecule has 1 aliphatic rings. The first-order valence-electron chi connectivity index (χ1n) is 17.0. The van der Waals surface area contributed by atoms with Gasteiger partial charge in [-0.15, -0.1) is 0 Å². The monoisotopic (exact) mass is 505 g/mol. The van der Waals surface area contributed by atoms with Gasteiger partial charge in [0.25, 0.3) is 0 Å². The summed E-state index contributed by atoms with van der Waals surface area (Å²) in [6, 6.07) is 0. The summed E-state index contributed by atoms with van der Waals surface area (Å²) in [6.07, 6.45) is 42.5. The Kier molecular flexibility index (Phi) is 24.1. The van der Waals surface area contributed by atoms with E-state index in [9.17, 15) is 0 Å². The predicted molar refractivity (Wildman–Crippen MR) is 163 cm³/mol. The standard InChI is InChI=1S/C34H68N2/c1-4-7-10-13-16-17-18-19-22-25-28-31-36-33-32-35(30-27-24-21-15-12-9-6-3)34(36)29-26-23-20-14-11-8-5-2/h32-34H,4-31H2,1-3H3. The van der Waals surface area contributed by atoms with Crippen LogP contribution >= 0.6 is 0 Å². The molecular formula is C34H68N2. The molecule has 1 rings (SSSR count). The van der Waals surface area contributed by atoms with E-state index < -0.39 is 0 Å². The van der Waals surface area contributed by atoms with Crippen molar-refractivity contribution in [3.63, 3.8) is 0 Å². The lowest BCUT2D eigenvalue weighted by Gasteiger charge is -2.33. The van der Waals surface area contributed by atoms with E-state index in [-0.39, 0.29) is 0 Å². The van der Waals surface area contributed by atoms with Crippen molar-refractivity contribution < 1.29 is 0 Å². The molecule has 0 aromatic rings. The number of hydrogen-bond acceptors (Lipinski definition) is 2. The van der Waals surface area contributed by atoms with E-state index >= 15 is 0 Å². The topological polar surface area (TPSA) is 6.48 Å². The van der Waals surface area contributed by atoms with Gasteiger partial charge in [-0.25, -0.2) is 0 Å². The Hall–Kier alpha value is -0.660. The minimum atomic E-state index is 0.642. The Balaban J connectivity index is 2.23. The van der Waals surface area contributed by atoms with Crippen molar-refractivity contribution in [1.29, 1.82) is 0 Å². The summed E-state index contributed by atoms with van der Waals surface area (Å²) in [6.45, 7) is 9.47. The fourth-order valence-corrected chi connectivity index (χ4v) is 5.83. The minimum absolute atomic E-state index is 0.642. The van der Waals surface area contributed by atoms with E-state index in [1.54, 1.807) is 0 Å². The summed E-state index contributed by atoms with van der Waals surface area (Å²) in [7, 11) is 0. The number of rotatable bonds is 28. The zero-order valence-electron chi connectivity index (χ0n) is 25.4. The molecule has 2 heteroatoms. The third-order valence-electron chi connectivity index (χ3n) is 8.32. The SMILES string of the molecule is CCCCCCCCCCCCCN1C=CN(CCCCCCCCC)C1CCCCCCCCC. The predicted octanol–water partition coefficient (Wildman–Crippen LogP) is 11.6. The van der Waals surface area contributed by atoms with Crippen LogP contribution in [0.3, 0.4) is 0 Å². The van der Waals surface area contributed by atoms with Gasteiger partial charge in [0.1, 0.15) is 6.17 Å². The molecule has 0 amide bonds. The summed E-state index contributed by atoms with van der Waals surface area (Å²) in [4.78, 5) is 5.40. The summed E-state index contributed by atoms with van der Waals surface area (Å²) >= 11 is 0. The Labute approximate surface area is 229 Å². The summed E-state index contributed by atoms with van der Waals surface area (Å²) < 4.78 is 0. The normalized spacial score (nSPS) is 15.5. The van der Waals surface area contributed by atoms with Crippen molar-refractivity contribution in [2.45, 2.75) is 194 Å². The Bertz CT molecular complexity index is 460. The molecule has 0 radical (unpaired) electrons. The zero-order chi connectivity index (χ0) is 25.9. The Morgan fingerprint density at radius 1 is 0.361 bits per heavy atom. The van der Waals surface area contributed by atoms with E-state index in [2.05, 4.69) is 43.0 Å². The van der Waals surface area contributed by atoms with Crippen LogP contribution in [0.25, 0.3) is 0 Å². The number of hydrogen-bond donors (Lipinski definition) is 0. The van der Waals surface area contributed by atoms with E-state index in [1.807, 2.05) is 0 Å². The van der Waals surface area contributed by atoms with Crippen LogP contribution in [0.1, 0.15) is 188 Å². The van der Waals surface area contributed by atoms with Crippen LogP contribution in [-0.4, -0.2) is 29.1 Å². The molecule has 36 heavy (non-hydrogen) atoms. The molecular weight excluding hydrogens is 436 g/mol. The third kappa shape index (κ3) is 18.6. The summed E-state index contributed by atoms with van der Waals surface area (Å²) in [5.41, 5.74) is 0. The van der Waals surface area contributed by atoms with Crippen LogP contribution in [0.5, 0.6) is 0 Å². The average molecular weight is 505 g/mol. The largest absolute Gasteiger partial charge is 0.356 e. The number of unbranched alkanes of at least 4 members (excludes halogenated alkanes) is 22. The van der Waals surface area contributed by atoms with Gasteiger partial charge in [-0.2, -0.15) is 0 Å². The van der Waals surface area contributed by atoms with Gasteiger partial charge >= 0.3 is 0 Å². The van der Waals surface area contributed by atoms with Gasteiger partial charge in [-0.3, -0.25) is 0 Å². The first kappa shape index (κ1) is 33.4. The van der Waals surface area contributed by atoms with Gasteiger partial charge in [-0.1, -0.05) is 162 Å². The first-order chi connectivity index (χ1) is 17.8. The lowest BCUT2D eigenvalue weighted by molar-refractivity contribution is 0.135. The third-order valence-corrected chi connectivity index (χ3v) is 8.32. The van der Waals surface area contributed by atoms with Gasteiger partial charge < -0.3 is 9.80 Å². The van der Waals surface area contributed by atoms with Crippen molar-refractivity contribution in [3.8, 4) is 0 Å². The average Bonchev–Trinajstić information content (AvgIpc) is 3.27. The molecule has 214 valence electrons. The van der Waals surface area contributed by atoms with Crippen LogP contribution in [0.15, 0.2) is 12.4 Å². The van der Waals surface area contributed by atoms with Gasteiger partial charge in [0.05, 0.1) is 0 Å². The second-order valence-electron chi connectivity index (χ2n) is 11.8. The van der Waals surface area contributed by atoms with E-state index in [0.717, 1.165) is 0 Å². The van der Waals surface area contributed by atoms with Crippen LogP contribution in [0.4, 0.5) is 0 Å². The summed E-state index contributed by atoms with van der Waals surface area (Å²) in [5, 5.41) is 0. The van der Waals surface area contributed by atoms with E-state index in [0.29, 0.717) is 6.17 Å². The van der Waals surface area contributed by atoms with E-state index in [4.69, 9.17) is 0 Å². The molecule has 0 spiro atoms. The van der Waals surface area contributed by atoms with Crippen LogP contribution in [0, 0.1) is 0 Å². The van der Waals surface area contributed by atoms with Crippen LogP contribution < -0.4 is 0 Å². The van der Waals surface area contributed by atoms with Crippen molar-refractivity contribution in [2.75, 3.05) is 13.1 Å². The zero-order valence-corrected chi connectivity index (χ0v) is 25.4. The highest BCUT2D eigenvalue weighted by atomic mass is 15.4. The molecule has 0 aromatic heterocycles. The molecule has 1 heterocycles. The van der Waals surface area contributed by atoms with Crippen LogP contribution in [-0.2, 0) is 0 Å². The van der Waals surface area contributed by atoms with Gasteiger partial charge in [-0.05, 0) is 25.7 Å². The minimum Gasteiger partial charge on any atom is -0.356 e. The molecule has 2 nitrogen and oxygen atoms in total. The highest BCUT2D eigenvalue weighted by Crippen LogP contribution is 2.24. The van der Waals surface area contributed by atoms with Crippen molar-refractivity contribution in [3.05, 3.63) is 12.4 Å². The Morgan fingerprint density at radius 3 is 0.972 bits per heavy atom. The quantitative estimate of drug-likeness (QED) is 0.0977. The van der Waals surface area contributed by atoms with Gasteiger partial charge in [0.15, 0.2) is 0 Å². The highest BCUT2D eigenvalue weighted by molar-refractivity contribution is 4.97. The molecule has 1 atom stereocenters. The van der Waals surface area contributed by atoms with Crippen LogP contribution in [0.2, 0.25) is 0 Å². The maximum atomic E-state index is 2.70. The Morgan fingerprint density at radius 2 is 0.639 bits per heavy atom. The molecule has 0 saturated carbocycles. The molecule has 1 aliphatic heterocycles. The lowest BCUT2D eigenvalue weighted by atomic mass is 10.1. The smallest absolute Gasteiger partial charge is 0.101 e. The highest BCUT2D eigenvalue weighted by Gasteiger charge is 2.24. The molecule has 0 saturated heterocycles. The lowest BCUT2D eigenvalue weighted by Crippen LogP contribution is -2.39. The molecule has 0 N–H and O–H groups in total. The fourth-order valence-electron chi connectivity index (χ4n) is 5.83. The second kappa shape index (κ2) is 26.0. The molecule has 0 aliphatic carbocycles. The summed E-state index contributed by atoms with van der Waals surface area (Å²) in [5.74, 6) is 0. The molecule has 0 bridgehead atoms. The number of nitrogens with zero attached hydrogens (tertiary/aromatic N) is 2. The van der Waals surface area contributed by atoms with Crippen molar-refractivity contribution >= 4 is 0 Å².